The molecule has 0 radical (unpaired) electrons. The molecular formula is C5H5N5O. The van der Waals surface area contributed by atoms with Gasteiger partial charge in [-0.3, -0.25) is 14.2 Å². The zero-order valence-electron chi connectivity index (χ0n) is 5.48. The third kappa shape index (κ3) is 0.759. The highest BCUT2D eigenvalue weighted by atomic mass is 16.1. The fourth-order valence-corrected chi connectivity index (χ4v) is 0.859. The molecule has 0 aromatic carbocycles. The second-order valence-corrected chi connectivity index (χ2v) is 2.08. The van der Waals surface area contributed by atoms with E-state index in [0.29, 0.717) is 11.6 Å². The van der Waals surface area contributed by atoms with E-state index in [0.717, 1.165) is 0 Å². The van der Waals surface area contributed by atoms with Crippen LogP contribution in [0.5, 0.6) is 0 Å². The van der Waals surface area contributed by atoms with Crippen LogP contribution in [0.3, 0.4) is 0 Å². The third-order valence-corrected chi connectivity index (χ3v) is 1.34. The Hall–Kier alpha value is -1.85. The first-order valence-corrected chi connectivity index (χ1v) is 2.96. The van der Waals surface area contributed by atoms with Crippen LogP contribution in [0.4, 0.5) is 5.82 Å². The number of nitrogens with two attached hydrogens (primary N) is 1. The standard InChI is InChI=1S/C5H5N5O/c6-3-1-4(11)8-5-9-7-2-10(3)5/h1-2H,6H2,(H,8,9,11). The van der Waals surface area contributed by atoms with Crippen LogP contribution < -0.4 is 11.3 Å². The maximum absolute atomic E-state index is 10.8. The number of aromatic nitrogens is 4. The Morgan fingerprint density at radius 1 is 1.64 bits per heavy atom. The Labute approximate surface area is 60.7 Å². The van der Waals surface area contributed by atoms with Gasteiger partial charge in [0.1, 0.15) is 12.1 Å². The van der Waals surface area contributed by atoms with E-state index in [4.69, 9.17) is 5.73 Å². The topological polar surface area (TPSA) is 89.1 Å². The number of nitrogen functional groups attached to an aromatic ring is 1. The maximum atomic E-state index is 10.8. The van der Waals surface area contributed by atoms with E-state index in [1.807, 2.05) is 0 Å². The number of fused-ring (bicyclic) bond motifs is 1. The van der Waals surface area contributed by atoms with Gasteiger partial charge in [0.05, 0.1) is 0 Å². The maximum Gasteiger partial charge on any atom is 0.254 e. The SMILES string of the molecule is Nc1cc(=O)[nH]c2nncn12. The van der Waals surface area contributed by atoms with Crippen molar-refractivity contribution in [1.82, 2.24) is 19.6 Å². The molecule has 2 heterocycles. The fraction of sp³-hybridized carbons (Fsp3) is 0. The molecule has 11 heavy (non-hydrogen) atoms. The molecule has 0 fully saturated rings. The van der Waals surface area contributed by atoms with Crippen LogP contribution in [0.15, 0.2) is 17.2 Å². The molecule has 56 valence electrons. The van der Waals surface area contributed by atoms with E-state index in [1.165, 1.54) is 16.8 Å². The van der Waals surface area contributed by atoms with Crippen molar-refractivity contribution in [3.63, 3.8) is 0 Å². The van der Waals surface area contributed by atoms with Gasteiger partial charge in [-0.2, -0.15) is 0 Å². The zero-order chi connectivity index (χ0) is 7.84. The van der Waals surface area contributed by atoms with Crippen LogP contribution in [-0.2, 0) is 0 Å². The van der Waals surface area contributed by atoms with Gasteiger partial charge in [0.15, 0.2) is 0 Å². The molecule has 0 unspecified atom stereocenters. The number of nitrogens with one attached hydrogen (secondary N) is 1. The van der Waals surface area contributed by atoms with E-state index < -0.39 is 0 Å². The molecule has 0 saturated heterocycles. The summed E-state index contributed by atoms with van der Waals surface area (Å²) in [7, 11) is 0. The van der Waals surface area contributed by atoms with Gasteiger partial charge >= 0.3 is 0 Å². The molecule has 0 amide bonds. The van der Waals surface area contributed by atoms with E-state index in [-0.39, 0.29) is 5.56 Å². The lowest BCUT2D eigenvalue weighted by atomic mass is 10.6. The largest absolute Gasteiger partial charge is 0.385 e. The molecule has 0 aliphatic rings. The molecule has 2 aromatic heterocycles. The predicted octanol–water partition coefficient (Wildman–Crippen LogP) is -1.00. The molecule has 0 aliphatic heterocycles. The number of nitrogens with zero attached hydrogens (tertiary/aromatic N) is 3. The first-order valence-electron chi connectivity index (χ1n) is 2.96. The summed E-state index contributed by atoms with van der Waals surface area (Å²) in [5, 5.41) is 7.18. The van der Waals surface area contributed by atoms with Gasteiger partial charge in [-0.25, -0.2) is 0 Å². The summed E-state index contributed by atoms with van der Waals surface area (Å²) in [5.74, 6) is 0.684. The van der Waals surface area contributed by atoms with Gasteiger partial charge in [0.2, 0.25) is 5.78 Å². The van der Waals surface area contributed by atoms with Crippen molar-refractivity contribution in [3.05, 3.63) is 22.7 Å². The number of hydrogen-bond donors (Lipinski definition) is 2. The van der Waals surface area contributed by atoms with Crippen LogP contribution >= 0.6 is 0 Å². The Morgan fingerprint density at radius 2 is 2.45 bits per heavy atom. The summed E-state index contributed by atoms with van der Waals surface area (Å²) in [4.78, 5) is 13.2. The van der Waals surface area contributed by atoms with Crippen LogP contribution in [0.2, 0.25) is 0 Å². The summed E-state index contributed by atoms with van der Waals surface area (Å²) in [6.45, 7) is 0. The van der Waals surface area contributed by atoms with E-state index >= 15 is 0 Å². The van der Waals surface area contributed by atoms with Crippen LogP contribution in [-0.4, -0.2) is 19.6 Å². The van der Waals surface area contributed by atoms with E-state index in [2.05, 4.69) is 15.2 Å². The smallest absolute Gasteiger partial charge is 0.254 e. The second-order valence-electron chi connectivity index (χ2n) is 2.08. The first kappa shape index (κ1) is 5.90. The first-order chi connectivity index (χ1) is 5.27. The van der Waals surface area contributed by atoms with Gasteiger partial charge in [0.25, 0.3) is 5.56 Å². The van der Waals surface area contributed by atoms with Crippen LogP contribution in [0.25, 0.3) is 5.78 Å². The lowest BCUT2D eigenvalue weighted by Gasteiger charge is -1.94. The molecule has 0 spiro atoms. The molecule has 0 atom stereocenters. The number of rotatable bonds is 0. The quantitative estimate of drug-likeness (QED) is 0.505. The average Bonchev–Trinajstić information content (AvgIpc) is 2.34. The predicted molar refractivity (Wildman–Crippen MR) is 38.0 cm³/mol. The molecule has 0 aliphatic carbocycles. The lowest BCUT2D eigenvalue weighted by molar-refractivity contribution is 1.08. The molecule has 6 heteroatoms. The minimum Gasteiger partial charge on any atom is -0.385 e. The minimum absolute atomic E-state index is 0.275. The van der Waals surface area contributed by atoms with E-state index in [1.54, 1.807) is 0 Å². The monoisotopic (exact) mass is 151 g/mol. The van der Waals surface area contributed by atoms with Gasteiger partial charge in [-0.1, -0.05) is 0 Å². The lowest BCUT2D eigenvalue weighted by Crippen LogP contribution is -2.10. The van der Waals surface area contributed by atoms with Crippen molar-refractivity contribution in [2.75, 3.05) is 5.73 Å². The highest BCUT2D eigenvalue weighted by molar-refractivity contribution is 5.38. The number of aromatic amines is 1. The minimum atomic E-state index is -0.275. The highest BCUT2D eigenvalue weighted by Gasteiger charge is 1.98. The number of H-pyrrole nitrogens is 1. The average molecular weight is 151 g/mol. The molecule has 0 saturated carbocycles. The summed E-state index contributed by atoms with van der Waals surface area (Å²) < 4.78 is 1.49. The summed E-state index contributed by atoms with van der Waals surface area (Å²) in [6, 6.07) is 1.27. The molecule has 6 nitrogen and oxygen atoms in total. The Morgan fingerprint density at radius 3 is 3.27 bits per heavy atom. The van der Waals surface area contributed by atoms with Crippen molar-refractivity contribution >= 4 is 11.6 Å². The van der Waals surface area contributed by atoms with Crippen LogP contribution in [0.1, 0.15) is 0 Å². The molecule has 0 bridgehead atoms. The van der Waals surface area contributed by atoms with Crippen molar-refractivity contribution in [1.29, 1.82) is 0 Å². The zero-order valence-corrected chi connectivity index (χ0v) is 5.48. The highest BCUT2D eigenvalue weighted by Crippen LogP contribution is 1.97. The van der Waals surface area contributed by atoms with Crippen molar-refractivity contribution < 1.29 is 0 Å². The summed E-state index contributed by atoms with van der Waals surface area (Å²) in [5.41, 5.74) is 5.19. The summed E-state index contributed by atoms with van der Waals surface area (Å²) >= 11 is 0. The number of hydrogen-bond acceptors (Lipinski definition) is 4. The van der Waals surface area contributed by atoms with Crippen molar-refractivity contribution in [2.45, 2.75) is 0 Å². The van der Waals surface area contributed by atoms with Gasteiger partial charge < -0.3 is 5.73 Å². The van der Waals surface area contributed by atoms with E-state index in [9.17, 15) is 4.79 Å². The fourth-order valence-electron chi connectivity index (χ4n) is 0.859. The Balaban J connectivity index is 3.02. The third-order valence-electron chi connectivity index (χ3n) is 1.34. The molecular weight excluding hydrogens is 146 g/mol. The normalized spacial score (nSPS) is 10.5. The Kier molecular flexibility index (Phi) is 0.974. The summed E-state index contributed by atoms with van der Waals surface area (Å²) in [6.07, 6.45) is 1.43. The molecule has 2 aromatic rings. The van der Waals surface area contributed by atoms with Crippen molar-refractivity contribution in [3.8, 4) is 0 Å². The van der Waals surface area contributed by atoms with Gasteiger partial charge in [-0.15, -0.1) is 10.2 Å². The molecule has 2 rings (SSSR count). The van der Waals surface area contributed by atoms with Gasteiger partial charge in [0, 0.05) is 6.07 Å². The molecule has 3 N–H and O–H groups in total. The Bertz CT molecular complexity index is 441. The van der Waals surface area contributed by atoms with Crippen molar-refractivity contribution in [2.24, 2.45) is 0 Å². The number of anilines is 1. The second kappa shape index (κ2) is 1.82. The van der Waals surface area contributed by atoms with Crippen LogP contribution in [0, 0.1) is 0 Å². The van der Waals surface area contributed by atoms with Gasteiger partial charge in [-0.05, 0) is 0 Å².